The number of fused-ring (bicyclic) bond motifs is 1. The number of rotatable bonds is 5. The van der Waals surface area contributed by atoms with Crippen molar-refractivity contribution in [2.75, 3.05) is 30.9 Å². The van der Waals surface area contributed by atoms with E-state index in [1.54, 1.807) is 13.2 Å². The Morgan fingerprint density at radius 1 is 1.47 bits per heavy atom. The normalized spacial score (nSPS) is 11.4. The van der Waals surface area contributed by atoms with Crippen molar-refractivity contribution < 1.29 is 9.15 Å². The summed E-state index contributed by atoms with van der Waals surface area (Å²) in [4.78, 5) is 16.0. The summed E-state index contributed by atoms with van der Waals surface area (Å²) in [5.41, 5.74) is 8.63. The Morgan fingerprint density at radius 3 is 2.84 bits per heavy atom. The smallest absolute Gasteiger partial charge is 0.408 e. The number of nitrogen functional groups attached to an aromatic ring is 1. The molecule has 0 saturated heterocycles. The van der Waals surface area contributed by atoms with Crippen LogP contribution in [-0.2, 0) is 4.74 Å². The molecule has 0 unspecified atom stereocenters. The first-order chi connectivity index (χ1) is 9.02. The largest absolute Gasteiger partial charge is 0.417 e. The fourth-order valence-electron chi connectivity index (χ4n) is 2.10. The maximum atomic E-state index is 11.2. The van der Waals surface area contributed by atoms with Crippen molar-refractivity contribution in [2.45, 2.75) is 19.9 Å². The molecule has 2 rings (SSSR count). The van der Waals surface area contributed by atoms with Crippen molar-refractivity contribution >= 4 is 22.5 Å². The molecule has 6 heteroatoms. The Morgan fingerprint density at radius 2 is 2.21 bits per heavy atom. The van der Waals surface area contributed by atoms with E-state index in [9.17, 15) is 4.79 Å². The van der Waals surface area contributed by atoms with Gasteiger partial charge in [0.05, 0.1) is 23.5 Å². The summed E-state index contributed by atoms with van der Waals surface area (Å²) < 4.78 is 10.1. The van der Waals surface area contributed by atoms with Gasteiger partial charge < -0.3 is 19.8 Å². The van der Waals surface area contributed by atoms with E-state index in [1.165, 1.54) is 0 Å². The van der Waals surface area contributed by atoms with Gasteiger partial charge in [-0.3, -0.25) is 4.98 Å². The molecule has 1 heterocycles. The van der Waals surface area contributed by atoms with Crippen molar-refractivity contribution in [1.29, 1.82) is 0 Å². The second-order valence-electron chi connectivity index (χ2n) is 4.70. The Bertz CT molecular complexity index is 615. The minimum Gasteiger partial charge on any atom is -0.408 e. The zero-order chi connectivity index (χ0) is 14.0. The van der Waals surface area contributed by atoms with E-state index in [0.29, 0.717) is 23.4 Å². The van der Waals surface area contributed by atoms with E-state index < -0.39 is 5.76 Å². The van der Waals surface area contributed by atoms with Crippen LogP contribution in [0.5, 0.6) is 0 Å². The number of H-pyrrole nitrogens is 1. The van der Waals surface area contributed by atoms with Crippen LogP contribution in [0.15, 0.2) is 21.3 Å². The maximum absolute atomic E-state index is 11.2. The highest BCUT2D eigenvalue weighted by atomic mass is 16.5. The molecule has 0 bridgehead atoms. The van der Waals surface area contributed by atoms with Gasteiger partial charge in [0.2, 0.25) is 0 Å². The zero-order valence-corrected chi connectivity index (χ0v) is 11.4. The number of aromatic nitrogens is 1. The molecule has 0 atom stereocenters. The van der Waals surface area contributed by atoms with Gasteiger partial charge in [-0.1, -0.05) is 0 Å². The molecule has 6 nitrogen and oxygen atoms in total. The molecular formula is C13H19N3O3. The Kier molecular flexibility index (Phi) is 3.80. The van der Waals surface area contributed by atoms with Gasteiger partial charge in [0, 0.05) is 25.8 Å². The molecule has 104 valence electrons. The lowest BCUT2D eigenvalue weighted by atomic mass is 10.2. The third-order valence-corrected chi connectivity index (χ3v) is 3.04. The molecule has 0 fully saturated rings. The molecule has 0 saturated carbocycles. The van der Waals surface area contributed by atoms with Crippen LogP contribution < -0.4 is 16.4 Å². The minimum absolute atomic E-state index is 0.272. The molecule has 0 aliphatic heterocycles. The lowest BCUT2D eigenvalue weighted by Crippen LogP contribution is -2.34. The Labute approximate surface area is 111 Å². The molecule has 0 spiro atoms. The highest BCUT2D eigenvalue weighted by Crippen LogP contribution is 2.29. The van der Waals surface area contributed by atoms with Gasteiger partial charge in [-0.25, -0.2) is 4.79 Å². The number of oxazole rings is 1. The summed E-state index contributed by atoms with van der Waals surface area (Å²) in [5.74, 6) is -0.473. The maximum Gasteiger partial charge on any atom is 0.417 e. The van der Waals surface area contributed by atoms with Crippen LogP contribution in [0, 0.1) is 0 Å². The molecule has 2 aromatic rings. The molecule has 3 N–H and O–H groups in total. The molecule has 1 aromatic carbocycles. The summed E-state index contributed by atoms with van der Waals surface area (Å²) in [6, 6.07) is 3.78. The predicted octanol–water partition coefficient (Wildman–Crippen LogP) is 1.56. The van der Waals surface area contributed by atoms with Gasteiger partial charge >= 0.3 is 5.76 Å². The summed E-state index contributed by atoms with van der Waals surface area (Å²) >= 11 is 0. The minimum atomic E-state index is -0.473. The van der Waals surface area contributed by atoms with Crippen LogP contribution in [0.25, 0.3) is 11.1 Å². The predicted molar refractivity (Wildman–Crippen MR) is 75.6 cm³/mol. The number of nitrogens with zero attached hydrogens (tertiary/aromatic N) is 1. The van der Waals surface area contributed by atoms with E-state index >= 15 is 0 Å². The number of methoxy groups -OCH3 is 1. The monoisotopic (exact) mass is 265 g/mol. The Balaban J connectivity index is 2.45. The SMILES string of the molecule is COCCN(c1cc2[nH]c(=O)oc2cc1N)C(C)C. The van der Waals surface area contributed by atoms with E-state index in [4.69, 9.17) is 14.9 Å². The van der Waals surface area contributed by atoms with Crippen LogP contribution in [0.1, 0.15) is 13.8 Å². The number of hydrogen-bond donors (Lipinski definition) is 2. The molecule has 0 radical (unpaired) electrons. The highest BCUT2D eigenvalue weighted by Gasteiger charge is 2.15. The van der Waals surface area contributed by atoms with Gasteiger partial charge in [-0.2, -0.15) is 0 Å². The van der Waals surface area contributed by atoms with Crippen molar-refractivity contribution in [1.82, 2.24) is 4.98 Å². The topological polar surface area (TPSA) is 84.5 Å². The van der Waals surface area contributed by atoms with Gasteiger partial charge in [0.15, 0.2) is 5.58 Å². The molecule has 19 heavy (non-hydrogen) atoms. The molecule has 0 amide bonds. The van der Waals surface area contributed by atoms with E-state index in [0.717, 1.165) is 12.2 Å². The number of ether oxygens (including phenoxy) is 1. The third kappa shape index (κ3) is 2.73. The van der Waals surface area contributed by atoms with Crippen LogP contribution in [0.4, 0.5) is 11.4 Å². The van der Waals surface area contributed by atoms with Crippen molar-refractivity contribution in [3.8, 4) is 0 Å². The molecule has 0 aliphatic rings. The van der Waals surface area contributed by atoms with Crippen molar-refractivity contribution in [3.63, 3.8) is 0 Å². The lowest BCUT2D eigenvalue weighted by molar-refractivity contribution is 0.204. The first kappa shape index (κ1) is 13.5. The van der Waals surface area contributed by atoms with Crippen molar-refractivity contribution in [2.24, 2.45) is 0 Å². The van der Waals surface area contributed by atoms with Gasteiger partial charge in [0.1, 0.15) is 0 Å². The first-order valence-corrected chi connectivity index (χ1v) is 6.21. The van der Waals surface area contributed by atoms with Crippen LogP contribution in [0.2, 0.25) is 0 Å². The van der Waals surface area contributed by atoms with E-state index in [1.807, 2.05) is 6.07 Å². The third-order valence-electron chi connectivity index (χ3n) is 3.04. The average molecular weight is 265 g/mol. The quantitative estimate of drug-likeness (QED) is 0.801. The summed E-state index contributed by atoms with van der Waals surface area (Å²) in [5, 5.41) is 0. The zero-order valence-electron chi connectivity index (χ0n) is 11.4. The summed E-state index contributed by atoms with van der Waals surface area (Å²) in [7, 11) is 1.67. The lowest BCUT2D eigenvalue weighted by Gasteiger charge is -2.29. The number of aromatic amines is 1. The first-order valence-electron chi connectivity index (χ1n) is 6.21. The molecule has 1 aromatic heterocycles. The van der Waals surface area contributed by atoms with E-state index in [2.05, 4.69) is 23.7 Å². The average Bonchev–Trinajstić information content (AvgIpc) is 2.68. The molecular weight excluding hydrogens is 246 g/mol. The molecule has 0 aliphatic carbocycles. The number of hydrogen-bond acceptors (Lipinski definition) is 5. The van der Waals surface area contributed by atoms with E-state index in [-0.39, 0.29) is 6.04 Å². The number of nitrogens with two attached hydrogens (primary N) is 1. The van der Waals surface area contributed by atoms with Crippen LogP contribution in [-0.4, -0.2) is 31.3 Å². The van der Waals surface area contributed by atoms with Crippen LogP contribution in [0.3, 0.4) is 0 Å². The number of anilines is 2. The fraction of sp³-hybridized carbons (Fsp3) is 0.462. The summed E-state index contributed by atoms with van der Waals surface area (Å²) in [6.07, 6.45) is 0. The standard InChI is InChI=1S/C13H19N3O3/c1-8(2)16(4-5-18-3)11-7-10-12(6-9(11)14)19-13(17)15-10/h6-8H,4-5,14H2,1-3H3,(H,15,17). The summed E-state index contributed by atoms with van der Waals surface area (Å²) in [6.45, 7) is 5.50. The Hall–Kier alpha value is -1.95. The van der Waals surface area contributed by atoms with Crippen LogP contribution >= 0.6 is 0 Å². The van der Waals surface area contributed by atoms with Gasteiger partial charge in [0.25, 0.3) is 0 Å². The van der Waals surface area contributed by atoms with Crippen molar-refractivity contribution in [3.05, 3.63) is 22.7 Å². The fourth-order valence-corrected chi connectivity index (χ4v) is 2.10. The second-order valence-corrected chi connectivity index (χ2v) is 4.70. The highest BCUT2D eigenvalue weighted by molar-refractivity contribution is 5.85. The second kappa shape index (κ2) is 5.36. The van der Waals surface area contributed by atoms with Gasteiger partial charge in [-0.15, -0.1) is 0 Å². The number of nitrogens with one attached hydrogen (secondary N) is 1. The van der Waals surface area contributed by atoms with Gasteiger partial charge in [-0.05, 0) is 19.9 Å². The number of benzene rings is 1.